The molecule has 1 N–H and O–H groups in total. The zero-order chi connectivity index (χ0) is 16.9. The first-order valence-electron chi connectivity index (χ1n) is 8.43. The van der Waals surface area contributed by atoms with Gasteiger partial charge in [-0.1, -0.05) is 50.1 Å². The van der Waals surface area contributed by atoms with Crippen molar-refractivity contribution < 1.29 is 14.3 Å². The van der Waals surface area contributed by atoms with Gasteiger partial charge in [0.05, 0.1) is 5.41 Å². The molecular formula is C19H27NO3. The highest BCUT2D eigenvalue weighted by molar-refractivity contribution is 5.85. The van der Waals surface area contributed by atoms with Crippen LogP contribution in [0.3, 0.4) is 0 Å². The minimum absolute atomic E-state index is 0.206. The fourth-order valence-corrected chi connectivity index (χ4v) is 3.06. The second-order valence-electron chi connectivity index (χ2n) is 7.00. The van der Waals surface area contributed by atoms with Gasteiger partial charge in [-0.2, -0.15) is 0 Å². The van der Waals surface area contributed by atoms with Crippen LogP contribution in [0.15, 0.2) is 30.3 Å². The summed E-state index contributed by atoms with van der Waals surface area (Å²) in [6, 6.07) is 9.68. The van der Waals surface area contributed by atoms with E-state index in [1.54, 1.807) is 0 Å². The lowest BCUT2D eigenvalue weighted by Crippen LogP contribution is -2.43. The van der Waals surface area contributed by atoms with Crippen molar-refractivity contribution in [2.24, 2.45) is 5.92 Å². The number of carbonyl (C=O) groups excluding carboxylic acids is 2. The van der Waals surface area contributed by atoms with Crippen LogP contribution < -0.4 is 5.32 Å². The van der Waals surface area contributed by atoms with E-state index in [0.29, 0.717) is 5.92 Å². The van der Waals surface area contributed by atoms with E-state index in [0.717, 1.165) is 24.8 Å². The molecule has 2 atom stereocenters. The summed E-state index contributed by atoms with van der Waals surface area (Å²) < 4.78 is 5.25. The Hall–Kier alpha value is -1.84. The van der Waals surface area contributed by atoms with E-state index in [9.17, 15) is 9.59 Å². The molecule has 126 valence electrons. The van der Waals surface area contributed by atoms with Crippen LogP contribution in [0.1, 0.15) is 52.0 Å². The molecule has 0 radical (unpaired) electrons. The molecule has 1 fully saturated rings. The van der Waals surface area contributed by atoms with Crippen molar-refractivity contribution >= 4 is 11.9 Å². The van der Waals surface area contributed by atoms with E-state index in [1.807, 2.05) is 44.2 Å². The van der Waals surface area contributed by atoms with Gasteiger partial charge in [0.15, 0.2) is 6.61 Å². The SMILES string of the molecule is C[C@@H]1CCCC[C@@H]1NC(=O)COC(=O)C(C)(C)c1ccccc1. The van der Waals surface area contributed by atoms with Gasteiger partial charge in [0.1, 0.15) is 0 Å². The topological polar surface area (TPSA) is 55.4 Å². The van der Waals surface area contributed by atoms with Crippen LogP contribution in [-0.4, -0.2) is 24.5 Å². The Morgan fingerprint density at radius 3 is 2.48 bits per heavy atom. The molecule has 4 nitrogen and oxygen atoms in total. The average molecular weight is 317 g/mol. The summed E-state index contributed by atoms with van der Waals surface area (Å²) in [5.41, 5.74) is 0.117. The van der Waals surface area contributed by atoms with Crippen molar-refractivity contribution in [3.63, 3.8) is 0 Å². The van der Waals surface area contributed by atoms with Crippen LogP contribution in [0.5, 0.6) is 0 Å². The fraction of sp³-hybridized carbons (Fsp3) is 0.579. The number of esters is 1. The molecule has 0 heterocycles. The minimum Gasteiger partial charge on any atom is -0.455 e. The Morgan fingerprint density at radius 2 is 1.83 bits per heavy atom. The molecule has 1 amide bonds. The lowest BCUT2D eigenvalue weighted by atomic mass is 9.85. The van der Waals surface area contributed by atoms with Gasteiger partial charge in [-0.05, 0) is 38.2 Å². The normalized spacial score (nSPS) is 21.5. The minimum atomic E-state index is -0.764. The predicted molar refractivity (Wildman–Crippen MR) is 90.0 cm³/mol. The van der Waals surface area contributed by atoms with Gasteiger partial charge >= 0.3 is 5.97 Å². The Bertz CT molecular complexity index is 539. The van der Waals surface area contributed by atoms with Crippen molar-refractivity contribution in [3.05, 3.63) is 35.9 Å². The van der Waals surface area contributed by atoms with E-state index in [4.69, 9.17) is 4.74 Å². The summed E-state index contributed by atoms with van der Waals surface area (Å²) >= 11 is 0. The molecule has 0 bridgehead atoms. The van der Waals surface area contributed by atoms with Gasteiger partial charge in [-0.25, -0.2) is 0 Å². The molecule has 1 aromatic carbocycles. The second-order valence-corrected chi connectivity index (χ2v) is 7.00. The van der Waals surface area contributed by atoms with Crippen LogP contribution in [0.25, 0.3) is 0 Å². The van der Waals surface area contributed by atoms with Gasteiger partial charge in [-0.15, -0.1) is 0 Å². The molecule has 23 heavy (non-hydrogen) atoms. The van der Waals surface area contributed by atoms with Crippen LogP contribution in [-0.2, 0) is 19.7 Å². The summed E-state index contributed by atoms with van der Waals surface area (Å²) in [6.07, 6.45) is 4.53. The van der Waals surface area contributed by atoms with Gasteiger partial charge < -0.3 is 10.1 Å². The molecule has 4 heteroatoms. The molecule has 0 saturated heterocycles. The average Bonchev–Trinajstić information content (AvgIpc) is 2.55. The number of hydrogen-bond donors (Lipinski definition) is 1. The Labute approximate surface area is 138 Å². The third kappa shape index (κ3) is 4.57. The smallest absolute Gasteiger partial charge is 0.316 e. The van der Waals surface area contributed by atoms with Crippen LogP contribution in [0.2, 0.25) is 0 Å². The molecule has 0 aromatic heterocycles. The molecule has 0 spiro atoms. The summed E-state index contributed by atoms with van der Waals surface area (Å²) in [7, 11) is 0. The molecule has 0 aliphatic heterocycles. The zero-order valence-electron chi connectivity index (χ0n) is 14.3. The standard InChI is InChI=1S/C19H27NO3/c1-14-9-7-8-12-16(14)20-17(21)13-23-18(22)19(2,3)15-10-5-4-6-11-15/h4-6,10-11,14,16H,7-9,12-13H2,1-3H3,(H,20,21)/t14-,16+/m1/s1. The number of carbonyl (C=O) groups is 2. The van der Waals surface area contributed by atoms with Gasteiger partial charge in [0, 0.05) is 6.04 Å². The van der Waals surface area contributed by atoms with E-state index >= 15 is 0 Å². The number of benzene rings is 1. The third-order valence-corrected chi connectivity index (χ3v) is 4.80. The monoisotopic (exact) mass is 317 g/mol. The summed E-state index contributed by atoms with van der Waals surface area (Å²) in [4.78, 5) is 24.4. The summed E-state index contributed by atoms with van der Waals surface area (Å²) in [5.74, 6) is -0.0966. The first kappa shape index (κ1) is 17.5. The molecule has 2 rings (SSSR count). The first-order valence-corrected chi connectivity index (χ1v) is 8.43. The van der Waals surface area contributed by atoms with E-state index < -0.39 is 5.41 Å². The molecular weight excluding hydrogens is 290 g/mol. The zero-order valence-corrected chi connectivity index (χ0v) is 14.3. The molecule has 1 aromatic rings. The highest BCUT2D eigenvalue weighted by Crippen LogP contribution is 2.25. The number of nitrogens with one attached hydrogen (secondary N) is 1. The maximum atomic E-state index is 12.3. The Morgan fingerprint density at radius 1 is 1.17 bits per heavy atom. The van der Waals surface area contributed by atoms with Gasteiger partial charge in [-0.3, -0.25) is 9.59 Å². The van der Waals surface area contributed by atoms with Gasteiger partial charge in [0.2, 0.25) is 0 Å². The highest BCUT2D eigenvalue weighted by Gasteiger charge is 2.32. The molecule has 1 saturated carbocycles. The van der Waals surface area contributed by atoms with Crippen LogP contribution in [0, 0.1) is 5.92 Å². The van der Waals surface area contributed by atoms with Crippen molar-refractivity contribution in [1.82, 2.24) is 5.32 Å². The van der Waals surface area contributed by atoms with E-state index in [2.05, 4.69) is 12.2 Å². The number of amides is 1. The maximum absolute atomic E-state index is 12.3. The summed E-state index contributed by atoms with van der Waals surface area (Å²) in [6.45, 7) is 5.57. The van der Waals surface area contributed by atoms with Gasteiger partial charge in [0.25, 0.3) is 5.91 Å². The Kier molecular flexibility index (Phi) is 5.80. The van der Waals surface area contributed by atoms with Crippen molar-refractivity contribution in [1.29, 1.82) is 0 Å². The lowest BCUT2D eigenvalue weighted by Gasteiger charge is -2.29. The summed E-state index contributed by atoms with van der Waals surface area (Å²) in [5, 5.41) is 3.00. The maximum Gasteiger partial charge on any atom is 0.316 e. The van der Waals surface area contributed by atoms with Crippen molar-refractivity contribution in [2.75, 3.05) is 6.61 Å². The van der Waals surface area contributed by atoms with E-state index in [-0.39, 0.29) is 24.5 Å². The van der Waals surface area contributed by atoms with Crippen molar-refractivity contribution in [3.8, 4) is 0 Å². The number of ether oxygens (including phenoxy) is 1. The van der Waals surface area contributed by atoms with Crippen molar-refractivity contribution in [2.45, 2.75) is 57.9 Å². The highest BCUT2D eigenvalue weighted by atomic mass is 16.5. The molecule has 1 aliphatic rings. The fourth-order valence-electron chi connectivity index (χ4n) is 3.06. The largest absolute Gasteiger partial charge is 0.455 e. The lowest BCUT2D eigenvalue weighted by molar-refractivity contribution is -0.153. The van der Waals surface area contributed by atoms with E-state index in [1.165, 1.54) is 6.42 Å². The predicted octanol–water partition coefficient (Wildman–Crippen LogP) is 3.20. The van der Waals surface area contributed by atoms with Crippen LogP contribution >= 0.6 is 0 Å². The Balaban J connectivity index is 1.85. The quantitative estimate of drug-likeness (QED) is 0.849. The first-order chi connectivity index (χ1) is 10.9. The number of hydrogen-bond acceptors (Lipinski definition) is 3. The second kappa shape index (κ2) is 7.62. The van der Waals surface area contributed by atoms with Crippen LogP contribution in [0.4, 0.5) is 0 Å². The molecule has 1 aliphatic carbocycles. The molecule has 0 unspecified atom stereocenters. The number of rotatable bonds is 5. The third-order valence-electron chi connectivity index (χ3n) is 4.80.